The van der Waals surface area contributed by atoms with Crippen molar-refractivity contribution in [3.8, 4) is 0 Å². The second-order valence-corrected chi connectivity index (χ2v) is 7.35. The summed E-state index contributed by atoms with van der Waals surface area (Å²) in [6.07, 6.45) is 5.48. The van der Waals surface area contributed by atoms with Gasteiger partial charge in [-0.05, 0) is 49.8 Å². The molecule has 2 aromatic carbocycles. The molecule has 0 spiro atoms. The van der Waals surface area contributed by atoms with Crippen LogP contribution in [0.3, 0.4) is 0 Å². The minimum Gasteiger partial charge on any atom is -0.377 e. The van der Waals surface area contributed by atoms with Crippen molar-refractivity contribution in [3.05, 3.63) is 78.0 Å². The predicted octanol–water partition coefficient (Wildman–Crippen LogP) is 4.25. The van der Waals surface area contributed by atoms with Gasteiger partial charge in [0.05, 0.1) is 17.0 Å². The summed E-state index contributed by atoms with van der Waals surface area (Å²) in [7, 11) is 0. The maximum Gasteiger partial charge on any atom is 0.282 e. The smallest absolute Gasteiger partial charge is 0.282 e. The van der Waals surface area contributed by atoms with Gasteiger partial charge in [0.25, 0.3) is 5.91 Å². The third-order valence-corrected chi connectivity index (χ3v) is 5.39. The molecule has 0 N–H and O–H groups in total. The van der Waals surface area contributed by atoms with Crippen molar-refractivity contribution >= 4 is 17.3 Å². The summed E-state index contributed by atoms with van der Waals surface area (Å²) in [5, 5.41) is 5.97. The SMILES string of the molecule is CC1=NN(c2ccccc2)C(=O)/C1=C\N1CCC(Cc2ccccc2)CC1. The molecule has 138 valence electrons. The number of rotatable bonds is 4. The maximum absolute atomic E-state index is 12.8. The summed E-state index contributed by atoms with van der Waals surface area (Å²) in [6.45, 7) is 3.90. The number of anilines is 1. The van der Waals surface area contributed by atoms with Gasteiger partial charge in [0.15, 0.2) is 0 Å². The van der Waals surface area contributed by atoms with Crippen LogP contribution in [0.2, 0.25) is 0 Å². The molecular weight excluding hydrogens is 334 g/mol. The first-order chi connectivity index (χ1) is 13.2. The number of nitrogens with zero attached hydrogens (tertiary/aromatic N) is 3. The Labute approximate surface area is 160 Å². The molecule has 0 saturated carbocycles. The van der Waals surface area contributed by atoms with Gasteiger partial charge in [-0.3, -0.25) is 4.79 Å². The van der Waals surface area contributed by atoms with Crippen molar-refractivity contribution in [1.82, 2.24) is 4.90 Å². The van der Waals surface area contributed by atoms with Gasteiger partial charge in [-0.15, -0.1) is 0 Å². The number of hydrogen-bond donors (Lipinski definition) is 0. The number of likely N-dealkylation sites (tertiary alicyclic amines) is 1. The molecule has 0 bridgehead atoms. The Balaban J connectivity index is 1.39. The van der Waals surface area contributed by atoms with Crippen molar-refractivity contribution in [2.24, 2.45) is 11.0 Å². The van der Waals surface area contributed by atoms with Gasteiger partial charge in [0.2, 0.25) is 0 Å². The quantitative estimate of drug-likeness (QED) is 0.765. The Hall–Kier alpha value is -2.88. The third kappa shape index (κ3) is 3.95. The highest BCUT2D eigenvalue weighted by atomic mass is 16.2. The van der Waals surface area contributed by atoms with Gasteiger partial charge in [-0.25, -0.2) is 0 Å². The molecule has 4 nitrogen and oxygen atoms in total. The van der Waals surface area contributed by atoms with Crippen molar-refractivity contribution in [2.75, 3.05) is 18.1 Å². The Morgan fingerprint density at radius 1 is 1.00 bits per heavy atom. The zero-order valence-electron chi connectivity index (χ0n) is 15.7. The summed E-state index contributed by atoms with van der Waals surface area (Å²) in [6, 6.07) is 20.3. The number of piperidine rings is 1. The van der Waals surface area contributed by atoms with E-state index in [-0.39, 0.29) is 5.91 Å². The van der Waals surface area contributed by atoms with Gasteiger partial charge in [-0.2, -0.15) is 10.1 Å². The minimum absolute atomic E-state index is 0.0369. The van der Waals surface area contributed by atoms with E-state index in [1.807, 2.05) is 43.5 Å². The lowest BCUT2D eigenvalue weighted by Gasteiger charge is -2.31. The summed E-state index contributed by atoms with van der Waals surface area (Å²) in [5.41, 5.74) is 3.73. The zero-order chi connectivity index (χ0) is 18.6. The van der Waals surface area contributed by atoms with E-state index in [0.717, 1.165) is 49.7 Å². The fraction of sp³-hybridized carbons (Fsp3) is 0.304. The molecule has 1 fully saturated rings. The van der Waals surface area contributed by atoms with Gasteiger partial charge < -0.3 is 4.90 Å². The minimum atomic E-state index is -0.0369. The van der Waals surface area contributed by atoms with Gasteiger partial charge in [0.1, 0.15) is 0 Å². The van der Waals surface area contributed by atoms with Gasteiger partial charge in [0, 0.05) is 19.3 Å². The molecule has 2 heterocycles. The molecule has 27 heavy (non-hydrogen) atoms. The highest BCUT2D eigenvalue weighted by Gasteiger charge is 2.30. The number of hydrazone groups is 1. The molecule has 0 aliphatic carbocycles. The van der Waals surface area contributed by atoms with Crippen molar-refractivity contribution in [2.45, 2.75) is 26.2 Å². The number of amides is 1. The fourth-order valence-corrected chi connectivity index (χ4v) is 3.83. The first-order valence-corrected chi connectivity index (χ1v) is 9.65. The second kappa shape index (κ2) is 7.78. The van der Waals surface area contributed by atoms with Crippen LogP contribution in [-0.4, -0.2) is 29.6 Å². The van der Waals surface area contributed by atoms with E-state index in [4.69, 9.17) is 0 Å². The zero-order valence-corrected chi connectivity index (χ0v) is 15.7. The standard InChI is InChI=1S/C23H25N3O/c1-18-22(23(27)26(24-18)21-10-6-3-7-11-21)17-25-14-12-20(13-15-25)16-19-8-4-2-5-9-19/h2-11,17,20H,12-16H2,1H3/b22-17-. The fourth-order valence-electron chi connectivity index (χ4n) is 3.83. The first kappa shape index (κ1) is 17.5. The lowest BCUT2D eigenvalue weighted by atomic mass is 9.90. The summed E-state index contributed by atoms with van der Waals surface area (Å²) in [5.74, 6) is 0.682. The average molecular weight is 359 g/mol. The van der Waals surface area contributed by atoms with E-state index in [9.17, 15) is 4.79 Å². The normalized spacial score (nSPS) is 19.7. The lowest BCUT2D eigenvalue weighted by Crippen LogP contribution is -2.32. The predicted molar refractivity (Wildman–Crippen MR) is 110 cm³/mol. The Kier molecular flexibility index (Phi) is 5.05. The largest absolute Gasteiger partial charge is 0.377 e. The molecule has 0 aromatic heterocycles. The van der Waals surface area contributed by atoms with Crippen LogP contribution in [-0.2, 0) is 11.2 Å². The van der Waals surface area contributed by atoms with Gasteiger partial charge >= 0.3 is 0 Å². The van der Waals surface area contributed by atoms with E-state index < -0.39 is 0 Å². The lowest BCUT2D eigenvalue weighted by molar-refractivity contribution is -0.114. The summed E-state index contributed by atoms with van der Waals surface area (Å²) in [4.78, 5) is 15.1. The molecule has 0 radical (unpaired) electrons. The van der Waals surface area contributed by atoms with Crippen LogP contribution in [0.15, 0.2) is 77.5 Å². The number of para-hydroxylation sites is 1. The molecule has 1 saturated heterocycles. The summed E-state index contributed by atoms with van der Waals surface area (Å²) < 4.78 is 0. The average Bonchev–Trinajstić information content (AvgIpc) is 2.99. The van der Waals surface area contributed by atoms with Crippen LogP contribution in [0.25, 0.3) is 0 Å². The van der Waals surface area contributed by atoms with E-state index in [1.165, 1.54) is 10.6 Å². The third-order valence-electron chi connectivity index (χ3n) is 5.39. The molecule has 2 aromatic rings. The molecule has 0 unspecified atom stereocenters. The monoisotopic (exact) mass is 359 g/mol. The number of hydrogen-bond acceptors (Lipinski definition) is 3. The Morgan fingerprint density at radius 2 is 1.63 bits per heavy atom. The molecule has 4 rings (SSSR count). The highest BCUT2D eigenvalue weighted by molar-refractivity contribution is 6.29. The van der Waals surface area contributed by atoms with Crippen molar-refractivity contribution < 1.29 is 4.79 Å². The van der Waals surface area contributed by atoms with Crippen molar-refractivity contribution in [3.63, 3.8) is 0 Å². The van der Waals surface area contributed by atoms with Crippen LogP contribution in [0, 0.1) is 5.92 Å². The number of benzene rings is 2. The Morgan fingerprint density at radius 3 is 2.30 bits per heavy atom. The molecule has 2 aliphatic rings. The van der Waals surface area contributed by atoms with E-state index >= 15 is 0 Å². The highest BCUT2D eigenvalue weighted by Crippen LogP contribution is 2.26. The molecular formula is C23H25N3O. The molecule has 4 heteroatoms. The van der Waals surface area contributed by atoms with Crippen LogP contribution in [0.5, 0.6) is 0 Å². The topological polar surface area (TPSA) is 35.9 Å². The second-order valence-electron chi connectivity index (χ2n) is 7.35. The summed E-state index contributed by atoms with van der Waals surface area (Å²) >= 11 is 0. The van der Waals surface area contributed by atoms with Crippen LogP contribution < -0.4 is 5.01 Å². The number of carbonyl (C=O) groups excluding carboxylic acids is 1. The van der Waals surface area contributed by atoms with Crippen LogP contribution in [0.4, 0.5) is 5.69 Å². The van der Waals surface area contributed by atoms with Crippen LogP contribution in [0.1, 0.15) is 25.3 Å². The first-order valence-electron chi connectivity index (χ1n) is 9.65. The number of carbonyl (C=O) groups is 1. The van der Waals surface area contributed by atoms with E-state index in [1.54, 1.807) is 0 Å². The van der Waals surface area contributed by atoms with E-state index in [2.05, 4.69) is 40.3 Å². The van der Waals surface area contributed by atoms with E-state index in [0.29, 0.717) is 5.57 Å². The van der Waals surface area contributed by atoms with Crippen molar-refractivity contribution in [1.29, 1.82) is 0 Å². The molecule has 1 amide bonds. The molecule has 2 aliphatic heterocycles. The van der Waals surface area contributed by atoms with Gasteiger partial charge in [-0.1, -0.05) is 48.5 Å². The molecule has 0 atom stereocenters. The maximum atomic E-state index is 12.8. The van der Waals surface area contributed by atoms with Crippen LogP contribution >= 0.6 is 0 Å². The Bertz CT molecular complexity index is 850.